The molecule has 1 aromatic carbocycles. The molecule has 0 spiro atoms. The summed E-state index contributed by atoms with van der Waals surface area (Å²) in [6.45, 7) is 0. The highest BCUT2D eigenvalue weighted by molar-refractivity contribution is 7.98. The Morgan fingerprint density at radius 1 is 1.44 bits per heavy atom. The van der Waals surface area contributed by atoms with Crippen LogP contribution in [0, 0.1) is 0 Å². The number of halogens is 3. The van der Waals surface area contributed by atoms with Gasteiger partial charge in [0.05, 0.1) is 5.56 Å². The number of nitrogens with two attached hydrogens (primary N) is 1. The van der Waals surface area contributed by atoms with Crippen LogP contribution < -0.4 is 5.73 Å². The van der Waals surface area contributed by atoms with E-state index in [1.165, 1.54) is 17.8 Å². The van der Waals surface area contributed by atoms with Crippen molar-refractivity contribution >= 4 is 17.7 Å². The number of aliphatic carboxylic acids is 1. The molecule has 0 fully saturated rings. The lowest BCUT2D eigenvalue weighted by Crippen LogP contribution is -2.32. The van der Waals surface area contributed by atoms with Crippen LogP contribution in [0.5, 0.6) is 0 Å². The number of thioether (sulfide) groups is 1. The highest BCUT2D eigenvalue weighted by atomic mass is 32.2. The van der Waals surface area contributed by atoms with Gasteiger partial charge in [0.1, 0.15) is 6.04 Å². The van der Waals surface area contributed by atoms with Crippen LogP contribution in [0.3, 0.4) is 0 Å². The molecule has 0 amide bonds. The molecule has 3 nitrogen and oxygen atoms in total. The molecule has 1 unspecified atom stereocenters. The monoisotopic (exact) mass is 279 g/mol. The molecule has 1 atom stereocenters. The lowest BCUT2D eigenvalue weighted by molar-refractivity contribution is -0.138. The van der Waals surface area contributed by atoms with Gasteiger partial charge in [0.25, 0.3) is 0 Å². The molecule has 0 heterocycles. The van der Waals surface area contributed by atoms with Gasteiger partial charge in [-0.2, -0.15) is 24.9 Å². The fourth-order valence-electron chi connectivity index (χ4n) is 1.21. The zero-order chi connectivity index (χ0) is 13.8. The first kappa shape index (κ1) is 14.8. The molecule has 0 radical (unpaired) electrons. The summed E-state index contributed by atoms with van der Waals surface area (Å²) in [7, 11) is 0. The van der Waals surface area contributed by atoms with Crippen LogP contribution in [0.1, 0.15) is 11.1 Å². The Bertz CT molecular complexity index is 423. The smallest absolute Gasteiger partial charge is 0.416 e. The second-order valence-corrected chi connectivity index (χ2v) is 4.69. The molecule has 0 aliphatic rings. The van der Waals surface area contributed by atoms with Crippen LogP contribution in [0.25, 0.3) is 0 Å². The summed E-state index contributed by atoms with van der Waals surface area (Å²) in [6.07, 6.45) is -4.36. The van der Waals surface area contributed by atoms with Gasteiger partial charge in [0.15, 0.2) is 0 Å². The van der Waals surface area contributed by atoms with E-state index in [9.17, 15) is 18.0 Å². The standard InChI is InChI=1S/C11H12F3NO2S/c12-11(13,14)8-3-1-2-7(4-8)5-18-6-9(15)10(16)17/h1-4,9H,5-6,15H2,(H,16,17). The normalized spacial score (nSPS) is 13.3. The van der Waals surface area contributed by atoms with Crippen molar-refractivity contribution in [2.45, 2.75) is 18.0 Å². The van der Waals surface area contributed by atoms with E-state index in [1.54, 1.807) is 6.07 Å². The number of rotatable bonds is 5. The van der Waals surface area contributed by atoms with E-state index >= 15 is 0 Å². The highest BCUT2D eigenvalue weighted by Gasteiger charge is 2.30. The van der Waals surface area contributed by atoms with Crippen LogP contribution in [0.4, 0.5) is 13.2 Å². The summed E-state index contributed by atoms with van der Waals surface area (Å²) in [5.41, 5.74) is 5.07. The van der Waals surface area contributed by atoms with Crippen LogP contribution in [-0.4, -0.2) is 22.9 Å². The summed E-state index contributed by atoms with van der Waals surface area (Å²) in [6, 6.07) is 3.95. The van der Waals surface area contributed by atoms with Gasteiger partial charge in [0.2, 0.25) is 0 Å². The molecular weight excluding hydrogens is 267 g/mol. The largest absolute Gasteiger partial charge is 0.480 e. The number of carboxylic acids is 1. The molecule has 7 heteroatoms. The van der Waals surface area contributed by atoms with Gasteiger partial charge in [-0.15, -0.1) is 0 Å². The molecule has 100 valence electrons. The van der Waals surface area contributed by atoms with Gasteiger partial charge >= 0.3 is 12.1 Å². The lowest BCUT2D eigenvalue weighted by Gasteiger charge is -2.09. The zero-order valence-electron chi connectivity index (χ0n) is 9.28. The third kappa shape index (κ3) is 4.58. The number of benzene rings is 1. The van der Waals surface area contributed by atoms with Gasteiger partial charge in [-0.25, -0.2) is 0 Å². The molecule has 0 aromatic heterocycles. The van der Waals surface area contributed by atoms with E-state index < -0.39 is 23.8 Å². The van der Waals surface area contributed by atoms with Crippen LogP contribution >= 0.6 is 11.8 Å². The number of alkyl halides is 3. The Balaban J connectivity index is 2.56. The maximum atomic E-state index is 12.4. The summed E-state index contributed by atoms with van der Waals surface area (Å²) in [5.74, 6) is -0.664. The van der Waals surface area contributed by atoms with Crippen molar-refractivity contribution in [1.29, 1.82) is 0 Å². The fourth-order valence-corrected chi connectivity index (χ4v) is 2.14. The summed E-state index contributed by atoms with van der Waals surface area (Å²) in [5, 5.41) is 8.54. The molecule has 18 heavy (non-hydrogen) atoms. The Morgan fingerprint density at radius 3 is 2.67 bits per heavy atom. The number of carboxylic acid groups (broad SMARTS) is 1. The molecule has 0 saturated heterocycles. The molecule has 0 bridgehead atoms. The number of hydrogen-bond donors (Lipinski definition) is 2. The van der Waals surface area contributed by atoms with Crippen molar-refractivity contribution in [3.05, 3.63) is 35.4 Å². The van der Waals surface area contributed by atoms with Crippen molar-refractivity contribution < 1.29 is 23.1 Å². The molecule has 3 N–H and O–H groups in total. The van der Waals surface area contributed by atoms with Crippen LogP contribution in [0.2, 0.25) is 0 Å². The van der Waals surface area contributed by atoms with Crippen molar-refractivity contribution in [2.75, 3.05) is 5.75 Å². The first-order valence-electron chi connectivity index (χ1n) is 5.03. The van der Waals surface area contributed by atoms with Gasteiger partial charge < -0.3 is 10.8 Å². The average molecular weight is 279 g/mol. The Morgan fingerprint density at radius 2 is 2.11 bits per heavy atom. The van der Waals surface area contributed by atoms with Gasteiger partial charge in [-0.3, -0.25) is 4.79 Å². The first-order chi connectivity index (χ1) is 8.30. The van der Waals surface area contributed by atoms with E-state index in [4.69, 9.17) is 10.8 Å². The van der Waals surface area contributed by atoms with Crippen LogP contribution in [-0.2, 0) is 16.7 Å². The molecular formula is C11H12F3NO2S. The van der Waals surface area contributed by atoms with Crippen molar-refractivity contribution in [2.24, 2.45) is 5.73 Å². The third-order valence-corrected chi connectivity index (χ3v) is 3.27. The molecule has 0 aliphatic carbocycles. The van der Waals surface area contributed by atoms with E-state index in [-0.39, 0.29) is 5.75 Å². The molecule has 0 aliphatic heterocycles. The second-order valence-electron chi connectivity index (χ2n) is 3.66. The van der Waals surface area contributed by atoms with Gasteiger partial charge in [0, 0.05) is 11.5 Å². The third-order valence-electron chi connectivity index (χ3n) is 2.14. The molecule has 1 rings (SSSR count). The Hall–Kier alpha value is -1.21. The summed E-state index contributed by atoms with van der Waals surface area (Å²) >= 11 is 1.19. The lowest BCUT2D eigenvalue weighted by atomic mass is 10.1. The summed E-state index contributed by atoms with van der Waals surface area (Å²) in [4.78, 5) is 10.4. The maximum Gasteiger partial charge on any atom is 0.416 e. The zero-order valence-corrected chi connectivity index (χ0v) is 10.1. The first-order valence-corrected chi connectivity index (χ1v) is 6.18. The highest BCUT2D eigenvalue weighted by Crippen LogP contribution is 2.30. The minimum Gasteiger partial charge on any atom is -0.480 e. The topological polar surface area (TPSA) is 63.3 Å². The average Bonchev–Trinajstić information content (AvgIpc) is 2.28. The minimum atomic E-state index is -4.36. The van der Waals surface area contributed by atoms with E-state index in [0.29, 0.717) is 11.3 Å². The van der Waals surface area contributed by atoms with Crippen LogP contribution in [0.15, 0.2) is 24.3 Å². The Kier molecular flexibility index (Phi) is 5.03. The van der Waals surface area contributed by atoms with E-state index in [0.717, 1.165) is 12.1 Å². The summed E-state index contributed by atoms with van der Waals surface area (Å²) < 4.78 is 37.3. The van der Waals surface area contributed by atoms with Crippen molar-refractivity contribution in [3.8, 4) is 0 Å². The van der Waals surface area contributed by atoms with Gasteiger partial charge in [-0.05, 0) is 11.6 Å². The Labute approximate surface area is 106 Å². The maximum absolute atomic E-state index is 12.4. The fraction of sp³-hybridized carbons (Fsp3) is 0.364. The van der Waals surface area contributed by atoms with E-state index in [1.807, 2.05) is 0 Å². The quantitative estimate of drug-likeness (QED) is 0.868. The van der Waals surface area contributed by atoms with Gasteiger partial charge in [-0.1, -0.05) is 18.2 Å². The molecule has 1 aromatic rings. The SMILES string of the molecule is NC(CSCc1cccc(C(F)(F)F)c1)C(=O)O. The van der Waals surface area contributed by atoms with Crippen molar-refractivity contribution in [3.63, 3.8) is 0 Å². The molecule has 0 saturated carbocycles. The number of hydrogen-bond acceptors (Lipinski definition) is 3. The predicted octanol–water partition coefficient (Wildman–Crippen LogP) is 2.35. The van der Waals surface area contributed by atoms with E-state index in [2.05, 4.69) is 0 Å². The van der Waals surface area contributed by atoms with Crippen molar-refractivity contribution in [1.82, 2.24) is 0 Å². The second kappa shape index (κ2) is 6.10. The number of carbonyl (C=O) groups is 1. The minimum absolute atomic E-state index is 0.158. The predicted molar refractivity (Wildman–Crippen MR) is 63.2 cm³/mol.